The molecule has 0 aromatic heterocycles. The van der Waals surface area contributed by atoms with Crippen molar-refractivity contribution in [3.05, 3.63) is 0 Å². The minimum atomic E-state index is -1.11. The fraction of sp³-hybridized carbons (Fsp3) is 0.727. The number of amides is 2. The van der Waals surface area contributed by atoms with Crippen molar-refractivity contribution >= 4 is 41.3 Å². The molecule has 0 aliphatic carbocycles. The maximum atomic E-state index is 11.7. The Bertz CT molecular complexity index is 447. The summed E-state index contributed by atoms with van der Waals surface area (Å²) in [6.45, 7) is 1.67. The van der Waals surface area contributed by atoms with E-state index in [9.17, 15) is 19.5 Å². The Morgan fingerprint density at radius 3 is 2.85 bits per heavy atom. The highest BCUT2D eigenvalue weighted by Gasteiger charge is 2.61. The summed E-state index contributed by atoms with van der Waals surface area (Å²) in [6, 6.07) is 0. The Morgan fingerprint density at radius 1 is 1.60 bits per heavy atom. The molecule has 0 radical (unpaired) electrons. The van der Waals surface area contributed by atoms with Crippen molar-refractivity contribution < 1.29 is 24.6 Å². The highest BCUT2D eigenvalue weighted by Crippen LogP contribution is 2.54. The zero-order chi connectivity index (χ0) is 14.9. The van der Waals surface area contributed by atoms with E-state index in [-0.39, 0.29) is 30.3 Å². The van der Waals surface area contributed by atoms with Crippen LogP contribution in [0.2, 0.25) is 0 Å². The molecular weight excluding hydrogens is 304 g/mol. The Morgan fingerprint density at radius 2 is 2.30 bits per heavy atom. The van der Waals surface area contributed by atoms with Gasteiger partial charge in [0.25, 0.3) is 0 Å². The monoisotopic (exact) mass is 320 g/mol. The maximum absolute atomic E-state index is 11.7. The molecule has 3 N–H and O–H groups in total. The molecule has 2 aliphatic rings. The number of carbonyl (C=O) groups is 3. The molecule has 2 heterocycles. The lowest BCUT2D eigenvalue weighted by atomic mass is 9.99. The second kappa shape index (κ2) is 5.82. The van der Waals surface area contributed by atoms with Crippen molar-refractivity contribution in [1.82, 2.24) is 10.2 Å². The summed E-state index contributed by atoms with van der Waals surface area (Å²) in [6.07, 6.45) is 0. The molecule has 2 fully saturated rings. The van der Waals surface area contributed by atoms with E-state index in [0.717, 1.165) is 0 Å². The SMILES string of the molecule is CC(=O)NCCSC1(C(=O)O)CN2C(=O)C(CO)[C@H]2S1. The highest BCUT2D eigenvalue weighted by atomic mass is 32.2. The molecule has 2 rings (SSSR count). The largest absolute Gasteiger partial charge is 0.480 e. The fourth-order valence-electron chi connectivity index (χ4n) is 2.24. The zero-order valence-corrected chi connectivity index (χ0v) is 12.5. The van der Waals surface area contributed by atoms with Crippen LogP contribution in [0, 0.1) is 5.92 Å². The van der Waals surface area contributed by atoms with Crippen molar-refractivity contribution in [2.24, 2.45) is 5.92 Å². The smallest absolute Gasteiger partial charge is 0.332 e. The average Bonchev–Trinajstić information content (AvgIpc) is 2.72. The number of rotatable bonds is 6. The molecule has 7 nitrogen and oxygen atoms in total. The van der Waals surface area contributed by atoms with Gasteiger partial charge in [0.15, 0.2) is 4.08 Å². The molecule has 0 spiro atoms. The summed E-state index contributed by atoms with van der Waals surface area (Å²) in [7, 11) is 0. The van der Waals surface area contributed by atoms with E-state index in [2.05, 4.69) is 5.32 Å². The van der Waals surface area contributed by atoms with Crippen LogP contribution in [0.3, 0.4) is 0 Å². The number of hydrogen-bond donors (Lipinski definition) is 3. The van der Waals surface area contributed by atoms with Crippen LogP contribution in [-0.4, -0.2) is 67.8 Å². The van der Waals surface area contributed by atoms with Gasteiger partial charge in [0.2, 0.25) is 11.8 Å². The highest BCUT2D eigenvalue weighted by molar-refractivity contribution is 8.19. The molecule has 0 saturated carbocycles. The number of aliphatic hydroxyl groups excluding tert-OH is 1. The lowest BCUT2D eigenvalue weighted by molar-refractivity contribution is -0.152. The number of fused-ring (bicyclic) bond motifs is 1. The van der Waals surface area contributed by atoms with Crippen molar-refractivity contribution in [2.75, 3.05) is 25.4 Å². The molecule has 0 aromatic carbocycles. The second-order valence-corrected chi connectivity index (χ2v) is 7.72. The number of carboxylic acids is 1. The van der Waals surface area contributed by atoms with Gasteiger partial charge in [-0.15, -0.1) is 23.5 Å². The number of thioether (sulfide) groups is 2. The summed E-state index contributed by atoms with van der Waals surface area (Å²) < 4.78 is -1.11. The van der Waals surface area contributed by atoms with Crippen LogP contribution in [-0.2, 0) is 14.4 Å². The summed E-state index contributed by atoms with van der Waals surface area (Å²) in [5.41, 5.74) is 0. The lowest BCUT2D eigenvalue weighted by Gasteiger charge is -2.40. The van der Waals surface area contributed by atoms with Crippen molar-refractivity contribution in [2.45, 2.75) is 16.4 Å². The third kappa shape index (κ3) is 2.61. The number of aliphatic carboxylic acids is 1. The number of carboxylic acid groups (broad SMARTS) is 1. The molecule has 2 unspecified atom stereocenters. The molecule has 112 valence electrons. The van der Waals surface area contributed by atoms with Gasteiger partial charge >= 0.3 is 5.97 Å². The lowest BCUT2D eigenvalue weighted by Crippen LogP contribution is -2.58. The van der Waals surface area contributed by atoms with E-state index in [1.165, 1.54) is 35.3 Å². The van der Waals surface area contributed by atoms with Crippen LogP contribution in [0.25, 0.3) is 0 Å². The summed E-state index contributed by atoms with van der Waals surface area (Å²) in [5.74, 6) is -1.35. The van der Waals surface area contributed by atoms with Gasteiger partial charge in [-0.2, -0.15) is 0 Å². The van der Waals surface area contributed by atoms with Gasteiger partial charge in [-0.3, -0.25) is 9.59 Å². The molecular formula is C11H16N2O5S2. The predicted molar refractivity (Wildman–Crippen MR) is 75.2 cm³/mol. The quantitative estimate of drug-likeness (QED) is 0.433. The van der Waals surface area contributed by atoms with Gasteiger partial charge in [0, 0.05) is 19.2 Å². The molecule has 2 saturated heterocycles. The molecule has 0 aromatic rings. The number of β-lactam (4-membered cyclic amide) rings is 1. The first-order valence-corrected chi connectivity index (χ1v) is 7.99. The summed E-state index contributed by atoms with van der Waals surface area (Å²) >= 11 is 2.42. The van der Waals surface area contributed by atoms with E-state index in [4.69, 9.17) is 5.11 Å². The van der Waals surface area contributed by atoms with Crippen LogP contribution in [0.4, 0.5) is 0 Å². The minimum absolute atomic E-state index is 0.137. The standard InChI is InChI=1S/C11H16N2O5S2/c1-6(15)12-2-3-19-11(10(17)18)5-13-8(16)7(4-14)9(13)20-11/h7,9,14H,2-5H2,1H3,(H,12,15)(H,17,18)/t7?,9-,11?/m1/s1. The molecule has 20 heavy (non-hydrogen) atoms. The number of aliphatic hydroxyl groups is 1. The van der Waals surface area contributed by atoms with Crippen molar-refractivity contribution in [1.29, 1.82) is 0 Å². The van der Waals surface area contributed by atoms with Gasteiger partial charge in [-0.25, -0.2) is 4.79 Å². The number of nitrogens with zero attached hydrogens (tertiary/aromatic N) is 1. The van der Waals surface area contributed by atoms with Crippen molar-refractivity contribution in [3.63, 3.8) is 0 Å². The average molecular weight is 320 g/mol. The Balaban J connectivity index is 1.97. The Kier molecular flexibility index (Phi) is 4.50. The van der Waals surface area contributed by atoms with Gasteiger partial charge < -0.3 is 20.4 Å². The van der Waals surface area contributed by atoms with E-state index < -0.39 is 16.0 Å². The number of hydrogen-bond acceptors (Lipinski definition) is 6. The zero-order valence-electron chi connectivity index (χ0n) is 10.9. The van der Waals surface area contributed by atoms with Crippen LogP contribution in [0.1, 0.15) is 6.92 Å². The van der Waals surface area contributed by atoms with E-state index in [1.807, 2.05) is 0 Å². The fourth-order valence-corrected chi connectivity index (χ4v) is 5.32. The molecule has 0 bridgehead atoms. The van der Waals surface area contributed by atoms with Gasteiger partial charge in [-0.1, -0.05) is 0 Å². The first-order valence-electron chi connectivity index (χ1n) is 6.12. The minimum Gasteiger partial charge on any atom is -0.480 e. The maximum Gasteiger partial charge on any atom is 0.332 e. The van der Waals surface area contributed by atoms with E-state index >= 15 is 0 Å². The number of carbonyl (C=O) groups excluding carboxylic acids is 2. The second-order valence-electron chi connectivity index (χ2n) is 4.65. The number of nitrogens with one attached hydrogen (secondary N) is 1. The molecule has 2 amide bonds. The van der Waals surface area contributed by atoms with Gasteiger partial charge in [0.05, 0.1) is 24.4 Å². The molecule has 2 aliphatic heterocycles. The van der Waals surface area contributed by atoms with Crippen LogP contribution in [0.5, 0.6) is 0 Å². The Labute approximate surface area is 124 Å². The van der Waals surface area contributed by atoms with E-state index in [1.54, 1.807) is 0 Å². The Hall–Kier alpha value is -0.930. The first kappa shape index (κ1) is 15.5. The van der Waals surface area contributed by atoms with Gasteiger partial charge in [0.1, 0.15) is 0 Å². The van der Waals surface area contributed by atoms with Crippen LogP contribution >= 0.6 is 23.5 Å². The predicted octanol–water partition coefficient (Wildman–Crippen LogP) is -0.840. The summed E-state index contributed by atoms with van der Waals surface area (Å²) in [5, 5.41) is 20.9. The first-order chi connectivity index (χ1) is 9.41. The van der Waals surface area contributed by atoms with Crippen LogP contribution < -0.4 is 5.32 Å². The third-order valence-electron chi connectivity index (χ3n) is 3.28. The molecule has 9 heteroatoms. The topological polar surface area (TPSA) is 107 Å². The van der Waals surface area contributed by atoms with Crippen molar-refractivity contribution in [3.8, 4) is 0 Å². The normalized spacial score (nSPS) is 31.7. The van der Waals surface area contributed by atoms with Gasteiger partial charge in [-0.05, 0) is 0 Å². The third-order valence-corrected chi connectivity index (χ3v) is 6.60. The van der Waals surface area contributed by atoms with E-state index in [0.29, 0.717) is 12.3 Å². The molecule has 3 atom stereocenters. The summed E-state index contributed by atoms with van der Waals surface area (Å²) in [4.78, 5) is 35.5. The van der Waals surface area contributed by atoms with Crippen LogP contribution in [0.15, 0.2) is 0 Å².